The molecule has 2 fully saturated rings. The van der Waals surface area contributed by atoms with E-state index in [1.54, 1.807) is 12.3 Å². The van der Waals surface area contributed by atoms with Gasteiger partial charge in [0.15, 0.2) is 11.8 Å². The third-order valence-electron chi connectivity index (χ3n) is 5.26. The maximum absolute atomic E-state index is 6.49. The minimum Gasteiger partial charge on any atom is -0.456 e. The molecule has 0 bridgehead atoms. The Hall–Kier alpha value is -2.68. The first kappa shape index (κ1) is 16.3. The average molecular weight is 398 g/mol. The van der Waals surface area contributed by atoms with Crippen LogP contribution in [-0.4, -0.2) is 56.4 Å². The van der Waals surface area contributed by atoms with Crippen LogP contribution in [0.2, 0.25) is 5.02 Å². The van der Waals surface area contributed by atoms with Gasteiger partial charge in [-0.1, -0.05) is 11.6 Å². The quantitative estimate of drug-likeness (QED) is 0.551. The Morgan fingerprint density at radius 1 is 1.21 bits per heavy atom. The van der Waals surface area contributed by atoms with Gasteiger partial charge in [-0.2, -0.15) is 4.98 Å². The van der Waals surface area contributed by atoms with E-state index in [0.717, 1.165) is 23.0 Å². The van der Waals surface area contributed by atoms with Crippen LogP contribution in [0.3, 0.4) is 0 Å². The molecule has 2 saturated heterocycles. The van der Waals surface area contributed by atoms with E-state index in [4.69, 9.17) is 25.8 Å². The monoisotopic (exact) mass is 397 g/mol. The molecule has 0 aromatic carbocycles. The van der Waals surface area contributed by atoms with Crippen molar-refractivity contribution in [3.05, 3.63) is 35.6 Å². The van der Waals surface area contributed by atoms with Crippen molar-refractivity contribution in [3.8, 4) is 17.3 Å². The van der Waals surface area contributed by atoms with E-state index in [-0.39, 0.29) is 18.3 Å². The Morgan fingerprint density at radius 2 is 2.18 bits per heavy atom. The van der Waals surface area contributed by atoms with Crippen molar-refractivity contribution in [2.75, 3.05) is 13.2 Å². The number of rotatable bonds is 3. The summed E-state index contributed by atoms with van der Waals surface area (Å²) in [4.78, 5) is 19.7. The van der Waals surface area contributed by atoms with Gasteiger partial charge in [0, 0.05) is 30.0 Å². The molecule has 2 N–H and O–H groups in total. The zero-order chi connectivity index (χ0) is 18.7. The van der Waals surface area contributed by atoms with Crippen LogP contribution in [0.25, 0.3) is 33.5 Å². The minimum absolute atomic E-state index is 0.0422. The maximum atomic E-state index is 6.49. The fourth-order valence-corrected chi connectivity index (χ4v) is 4.16. The van der Waals surface area contributed by atoms with Gasteiger partial charge in [-0.15, -0.1) is 0 Å². The first-order valence-corrected chi connectivity index (χ1v) is 9.52. The van der Waals surface area contributed by atoms with E-state index in [9.17, 15) is 0 Å². The number of hydrogen-bond donors (Lipinski definition) is 2. The van der Waals surface area contributed by atoms with Gasteiger partial charge < -0.3 is 24.2 Å². The highest BCUT2D eigenvalue weighted by atomic mass is 35.5. The number of imidazole rings is 1. The third-order valence-corrected chi connectivity index (χ3v) is 5.55. The molecular formula is C19H16ClN5O3. The van der Waals surface area contributed by atoms with Crippen LogP contribution in [0, 0.1) is 0 Å². The van der Waals surface area contributed by atoms with Crippen LogP contribution < -0.4 is 4.74 Å². The first-order valence-electron chi connectivity index (χ1n) is 9.14. The number of nitrogens with zero attached hydrogens (tertiary/aromatic N) is 3. The molecule has 4 aromatic heterocycles. The molecule has 1 unspecified atom stereocenters. The molecule has 0 aliphatic carbocycles. The van der Waals surface area contributed by atoms with Gasteiger partial charge in [-0.3, -0.25) is 0 Å². The highest BCUT2D eigenvalue weighted by molar-refractivity contribution is 6.33. The summed E-state index contributed by atoms with van der Waals surface area (Å²) in [6.07, 6.45) is 4.40. The average Bonchev–Trinajstić information content (AvgIpc) is 3.45. The second-order valence-electron chi connectivity index (χ2n) is 7.02. The largest absolute Gasteiger partial charge is 0.456 e. The molecule has 6 rings (SSSR count). The number of ether oxygens (including phenoxy) is 3. The summed E-state index contributed by atoms with van der Waals surface area (Å²) in [5, 5.41) is 1.51. The number of nitrogens with one attached hydrogen (secondary N) is 2. The third kappa shape index (κ3) is 2.56. The van der Waals surface area contributed by atoms with E-state index in [1.807, 2.05) is 18.3 Å². The van der Waals surface area contributed by atoms with E-state index in [2.05, 4.69) is 24.9 Å². The van der Waals surface area contributed by atoms with Crippen LogP contribution in [0.15, 0.2) is 30.6 Å². The van der Waals surface area contributed by atoms with E-state index in [1.165, 1.54) is 0 Å². The van der Waals surface area contributed by atoms with Crippen molar-refractivity contribution in [2.45, 2.75) is 24.7 Å². The molecule has 4 aromatic rings. The van der Waals surface area contributed by atoms with Crippen LogP contribution in [0.4, 0.5) is 0 Å². The molecule has 0 radical (unpaired) electrons. The standard InChI is InChI=1S/C19H16ClN5O3/c20-11-6-12-18(24-15(11)10-5-9-1-3-21-17(9)22-7-10)25-19(23-12)28-14-8-27-13-2-4-26-16(13)14/h1,3,5-7,13-14,16H,2,4,8H2,(H,21,22)(H,23,24,25)/t13-,14?,16+/m1/s1. The normalized spacial score (nSPS) is 24.2. The Morgan fingerprint density at radius 3 is 3.14 bits per heavy atom. The molecule has 8 nitrogen and oxygen atoms in total. The van der Waals surface area contributed by atoms with Crippen molar-refractivity contribution in [3.63, 3.8) is 0 Å². The Bertz CT molecular complexity index is 1190. The maximum Gasteiger partial charge on any atom is 0.296 e. The summed E-state index contributed by atoms with van der Waals surface area (Å²) < 4.78 is 17.4. The first-order chi connectivity index (χ1) is 13.7. The molecular weight excluding hydrogens is 382 g/mol. The van der Waals surface area contributed by atoms with Crippen molar-refractivity contribution in [1.29, 1.82) is 0 Å². The molecule has 142 valence electrons. The topological polar surface area (TPSA) is 97.9 Å². The summed E-state index contributed by atoms with van der Waals surface area (Å²) in [5.74, 6) is 0. The molecule has 0 saturated carbocycles. The van der Waals surface area contributed by atoms with Crippen molar-refractivity contribution in [2.24, 2.45) is 0 Å². The van der Waals surface area contributed by atoms with Crippen molar-refractivity contribution < 1.29 is 14.2 Å². The molecule has 3 atom stereocenters. The fraction of sp³-hybridized carbons (Fsp3) is 0.316. The van der Waals surface area contributed by atoms with Gasteiger partial charge >= 0.3 is 0 Å². The van der Waals surface area contributed by atoms with Gasteiger partial charge in [-0.05, 0) is 24.6 Å². The summed E-state index contributed by atoms with van der Waals surface area (Å²) >= 11 is 6.49. The SMILES string of the molecule is Clc1cc2[nH]c(OC3CO[C@@H]4CCO[C@H]34)nc2nc1-c1cnc2[nH]ccc2c1. The number of hydrogen-bond acceptors (Lipinski definition) is 6. The lowest BCUT2D eigenvalue weighted by molar-refractivity contribution is 0.0273. The van der Waals surface area contributed by atoms with E-state index in [0.29, 0.717) is 41.1 Å². The Balaban J connectivity index is 1.34. The predicted octanol–water partition coefficient (Wildman–Crippen LogP) is 3.09. The van der Waals surface area contributed by atoms with Crippen molar-refractivity contribution in [1.82, 2.24) is 24.9 Å². The lowest BCUT2D eigenvalue weighted by Crippen LogP contribution is -2.32. The number of fused-ring (bicyclic) bond motifs is 3. The molecule has 0 amide bonds. The van der Waals surface area contributed by atoms with Gasteiger partial charge in [0.25, 0.3) is 6.01 Å². The summed E-state index contributed by atoms with van der Waals surface area (Å²) in [6, 6.07) is 6.15. The smallest absolute Gasteiger partial charge is 0.296 e. The fourth-order valence-electron chi connectivity index (χ4n) is 3.90. The Labute approximate surface area is 164 Å². The van der Waals surface area contributed by atoms with E-state index >= 15 is 0 Å². The second kappa shape index (κ2) is 6.16. The molecule has 0 spiro atoms. The predicted molar refractivity (Wildman–Crippen MR) is 102 cm³/mol. The summed E-state index contributed by atoms with van der Waals surface area (Å²) in [5.41, 5.74) is 3.53. The summed E-state index contributed by atoms with van der Waals surface area (Å²) in [7, 11) is 0. The minimum atomic E-state index is -0.178. The van der Waals surface area contributed by atoms with Gasteiger partial charge in [0.1, 0.15) is 11.8 Å². The van der Waals surface area contributed by atoms with Gasteiger partial charge in [0.05, 0.1) is 28.9 Å². The molecule has 2 aliphatic rings. The molecule has 9 heteroatoms. The van der Waals surface area contributed by atoms with Crippen LogP contribution in [0.5, 0.6) is 6.01 Å². The number of halogens is 1. The van der Waals surface area contributed by atoms with Crippen LogP contribution in [0.1, 0.15) is 6.42 Å². The number of aromatic nitrogens is 5. The molecule has 6 heterocycles. The Kier molecular flexibility index (Phi) is 3.59. The van der Waals surface area contributed by atoms with E-state index < -0.39 is 0 Å². The summed E-state index contributed by atoms with van der Waals surface area (Å²) in [6.45, 7) is 1.20. The zero-order valence-corrected chi connectivity index (χ0v) is 15.4. The highest BCUT2D eigenvalue weighted by Gasteiger charge is 2.43. The molecule has 28 heavy (non-hydrogen) atoms. The number of aromatic amines is 2. The number of H-pyrrole nitrogens is 2. The lowest BCUT2D eigenvalue weighted by Gasteiger charge is -2.15. The zero-order valence-electron chi connectivity index (χ0n) is 14.7. The molecule has 2 aliphatic heterocycles. The van der Waals surface area contributed by atoms with Gasteiger partial charge in [-0.25, -0.2) is 9.97 Å². The van der Waals surface area contributed by atoms with Gasteiger partial charge in [0.2, 0.25) is 0 Å². The van der Waals surface area contributed by atoms with Crippen molar-refractivity contribution >= 4 is 33.8 Å². The highest BCUT2D eigenvalue weighted by Crippen LogP contribution is 2.32. The lowest BCUT2D eigenvalue weighted by atomic mass is 10.1. The second-order valence-corrected chi connectivity index (χ2v) is 7.43. The van der Waals surface area contributed by atoms with Crippen LogP contribution >= 0.6 is 11.6 Å². The van der Waals surface area contributed by atoms with Crippen LogP contribution in [-0.2, 0) is 9.47 Å². The number of pyridine rings is 2.